The molecular weight excluding hydrogens is 188 g/mol. The van der Waals surface area contributed by atoms with E-state index in [9.17, 15) is 4.79 Å². The van der Waals surface area contributed by atoms with Crippen molar-refractivity contribution in [3.8, 4) is 0 Å². The molecule has 1 N–H and O–H groups in total. The molecule has 1 amide bonds. The molecule has 2 unspecified atom stereocenters. The lowest BCUT2D eigenvalue weighted by atomic mass is 10.1. The number of likely N-dealkylation sites (N-methyl/N-ethyl adjacent to an activating group) is 1. The molecular formula is C12H24N2O. The van der Waals surface area contributed by atoms with Crippen molar-refractivity contribution in [3.05, 3.63) is 0 Å². The van der Waals surface area contributed by atoms with Gasteiger partial charge in [0.1, 0.15) is 0 Å². The van der Waals surface area contributed by atoms with E-state index in [2.05, 4.69) is 19.2 Å². The third-order valence-corrected chi connectivity index (χ3v) is 3.35. The molecule has 0 aromatic rings. The number of hydrogen-bond donors (Lipinski definition) is 1. The minimum absolute atomic E-state index is 0.0682. The standard InChI is InChI=1S/C12H24N2O/c1-4-5-6-7-10(2)14-9-8-11(13-3)12(14)15/h10-11,13H,4-9H2,1-3H3. The summed E-state index contributed by atoms with van der Waals surface area (Å²) in [6, 6.07) is 0.487. The van der Waals surface area contributed by atoms with Gasteiger partial charge in [-0.3, -0.25) is 4.79 Å². The van der Waals surface area contributed by atoms with Crippen molar-refractivity contribution in [2.45, 2.75) is 58.0 Å². The minimum atomic E-state index is 0.0682. The molecule has 0 aliphatic carbocycles. The van der Waals surface area contributed by atoms with Gasteiger partial charge in [-0.25, -0.2) is 0 Å². The fraction of sp³-hybridized carbons (Fsp3) is 0.917. The molecule has 1 saturated heterocycles. The van der Waals surface area contributed by atoms with Crippen LogP contribution < -0.4 is 5.32 Å². The highest BCUT2D eigenvalue weighted by Crippen LogP contribution is 2.17. The first-order chi connectivity index (χ1) is 7.20. The topological polar surface area (TPSA) is 32.3 Å². The van der Waals surface area contributed by atoms with Crippen LogP contribution in [0.5, 0.6) is 0 Å². The predicted molar refractivity (Wildman–Crippen MR) is 62.8 cm³/mol. The molecule has 0 radical (unpaired) electrons. The van der Waals surface area contributed by atoms with Crippen molar-refractivity contribution in [2.75, 3.05) is 13.6 Å². The third kappa shape index (κ3) is 3.20. The van der Waals surface area contributed by atoms with Crippen molar-refractivity contribution >= 4 is 5.91 Å². The van der Waals surface area contributed by atoms with E-state index < -0.39 is 0 Å². The third-order valence-electron chi connectivity index (χ3n) is 3.35. The van der Waals surface area contributed by atoms with Gasteiger partial charge in [0.2, 0.25) is 5.91 Å². The van der Waals surface area contributed by atoms with Crippen LogP contribution in [0.1, 0.15) is 46.0 Å². The van der Waals surface area contributed by atoms with Gasteiger partial charge in [0.25, 0.3) is 0 Å². The highest BCUT2D eigenvalue weighted by atomic mass is 16.2. The van der Waals surface area contributed by atoms with Crippen molar-refractivity contribution < 1.29 is 4.79 Å². The number of rotatable bonds is 6. The Hall–Kier alpha value is -0.570. The van der Waals surface area contributed by atoms with Crippen molar-refractivity contribution in [1.29, 1.82) is 0 Å². The fourth-order valence-electron chi connectivity index (χ4n) is 2.25. The lowest BCUT2D eigenvalue weighted by Gasteiger charge is -2.24. The Balaban J connectivity index is 2.34. The first-order valence-electron chi connectivity index (χ1n) is 6.18. The Morgan fingerprint density at radius 1 is 1.53 bits per heavy atom. The zero-order chi connectivity index (χ0) is 11.3. The van der Waals surface area contributed by atoms with Crippen LogP contribution >= 0.6 is 0 Å². The normalized spacial score (nSPS) is 23.5. The average molecular weight is 212 g/mol. The second-order valence-corrected chi connectivity index (χ2v) is 4.51. The lowest BCUT2D eigenvalue weighted by molar-refractivity contribution is -0.131. The van der Waals surface area contributed by atoms with Gasteiger partial charge in [-0.2, -0.15) is 0 Å². The predicted octanol–water partition coefficient (Wildman–Crippen LogP) is 1.78. The molecule has 1 fully saturated rings. The minimum Gasteiger partial charge on any atom is -0.339 e. The maximum Gasteiger partial charge on any atom is 0.240 e. The number of hydrogen-bond acceptors (Lipinski definition) is 2. The number of carbonyl (C=O) groups excluding carboxylic acids is 1. The summed E-state index contributed by atoms with van der Waals surface area (Å²) in [5.74, 6) is 0.293. The van der Waals surface area contributed by atoms with Crippen molar-refractivity contribution in [2.24, 2.45) is 0 Å². The number of likely N-dealkylation sites (tertiary alicyclic amines) is 1. The van der Waals surface area contributed by atoms with Gasteiger partial charge in [-0.05, 0) is 26.8 Å². The Kier molecular flexibility index (Phi) is 5.09. The Morgan fingerprint density at radius 2 is 2.27 bits per heavy atom. The molecule has 0 spiro atoms. The molecule has 2 atom stereocenters. The van der Waals surface area contributed by atoms with E-state index in [0.717, 1.165) is 19.4 Å². The molecule has 15 heavy (non-hydrogen) atoms. The first-order valence-corrected chi connectivity index (χ1v) is 6.18. The smallest absolute Gasteiger partial charge is 0.240 e. The number of amides is 1. The van der Waals surface area contributed by atoms with Gasteiger partial charge in [0.05, 0.1) is 6.04 Å². The van der Waals surface area contributed by atoms with Crippen LogP contribution in [-0.4, -0.2) is 36.5 Å². The number of nitrogens with one attached hydrogen (secondary N) is 1. The SMILES string of the molecule is CCCCCC(C)N1CCC(NC)C1=O. The van der Waals surface area contributed by atoms with Gasteiger partial charge < -0.3 is 10.2 Å². The monoisotopic (exact) mass is 212 g/mol. The van der Waals surface area contributed by atoms with Crippen LogP contribution in [0.25, 0.3) is 0 Å². The van der Waals surface area contributed by atoms with E-state index >= 15 is 0 Å². The summed E-state index contributed by atoms with van der Waals surface area (Å²) < 4.78 is 0. The van der Waals surface area contributed by atoms with Crippen LogP contribution in [-0.2, 0) is 4.79 Å². The van der Waals surface area contributed by atoms with Gasteiger partial charge >= 0.3 is 0 Å². The number of nitrogens with zero attached hydrogens (tertiary/aromatic N) is 1. The Morgan fingerprint density at radius 3 is 2.80 bits per heavy atom. The summed E-state index contributed by atoms with van der Waals surface area (Å²) in [5.41, 5.74) is 0. The zero-order valence-corrected chi connectivity index (χ0v) is 10.3. The van der Waals surface area contributed by atoms with E-state index in [-0.39, 0.29) is 6.04 Å². The molecule has 1 rings (SSSR count). The molecule has 1 heterocycles. The molecule has 0 bridgehead atoms. The maximum absolute atomic E-state index is 11.9. The van der Waals surface area contributed by atoms with Crippen LogP contribution in [0.4, 0.5) is 0 Å². The van der Waals surface area contributed by atoms with E-state index in [1.165, 1.54) is 19.3 Å². The molecule has 0 saturated carbocycles. The van der Waals surface area contributed by atoms with E-state index in [4.69, 9.17) is 0 Å². The largest absolute Gasteiger partial charge is 0.339 e. The quantitative estimate of drug-likeness (QED) is 0.681. The highest BCUT2D eigenvalue weighted by molar-refractivity contribution is 5.84. The molecule has 0 aromatic heterocycles. The van der Waals surface area contributed by atoms with Crippen molar-refractivity contribution in [1.82, 2.24) is 10.2 Å². The molecule has 1 aliphatic heterocycles. The molecule has 88 valence electrons. The average Bonchev–Trinajstić information content (AvgIpc) is 2.60. The van der Waals surface area contributed by atoms with Crippen LogP contribution in [0.2, 0.25) is 0 Å². The molecule has 0 aromatic carbocycles. The van der Waals surface area contributed by atoms with E-state index in [1.807, 2.05) is 11.9 Å². The molecule has 1 aliphatic rings. The Bertz CT molecular complexity index is 206. The van der Waals surface area contributed by atoms with Crippen LogP contribution in [0, 0.1) is 0 Å². The zero-order valence-electron chi connectivity index (χ0n) is 10.3. The second-order valence-electron chi connectivity index (χ2n) is 4.51. The van der Waals surface area contributed by atoms with Gasteiger partial charge in [0.15, 0.2) is 0 Å². The second kappa shape index (κ2) is 6.11. The Labute approximate surface area is 93.2 Å². The number of unbranched alkanes of at least 4 members (excludes halogenated alkanes) is 2. The lowest BCUT2D eigenvalue weighted by Crippen LogP contribution is -2.40. The van der Waals surface area contributed by atoms with Crippen molar-refractivity contribution in [3.63, 3.8) is 0 Å². The van der Waals surface area contributed by atoms with Gasteiger partial charge in [0, 0.05) is 12.6 Å². The summed E-state index contributed by atoms with van der Waals surface area (Å²) in [5, 5.41) is 3.07. The molecule has 3 nitrogen and oxygen atoms in total. The maximum atomic E-state index is 11.9. The fourth-order valence-corrected chi connectivity index (χ4v) is 2.25. The van der Waals surface area contributed by atoms with Gasteiger partial charge in [-0.1, -0.05) is 26.2 Å². The summed E-state index contributed by atoms with van der Waals surface area (Å²) in [4.78, 5) is 13.9. The summed E-state index contributed by atoms with van der Waals surface area (Å²) in [7, 11) is 1.87. The first kappa shape index (κ1) is 12.5. The molecule has 3 heteroatoms. The summed E-state index contributed by atoms with van der Waals surface area (Å²) in [6.45, 7) is 5.31. The highest BCUT2D eigenvalue weighted by Gasteiger charge is 2.32. The number of carbonyl (C=O) groups is 1. The van der Waals surface area contributed by atoms with Gasteiger partial charge in [-0.15, -0.1) is 0 Å². The summed E-state index contributed by atoms with van der Waals surface area (Å²) >= 11 is 0. The van der Waals surface area contributed by atoms with Crippen LogP contribution in [0.3, 0.4) is 0 Å². The van der Waals surface area contributed by atoms with E-state index in [0.29, 0.717) is 11.9 Å². The van der Waals surface area contributed by atoms with E-state index in [1.54, 1.807) is 0 Å². The van der Waals surface area contributed by atoms with Crippen LogP contribution in [0.15, 0.2) is 0 Å². The summed E-state index contributed by atoms with van der Waals surface area (Å²) in [6.07, 6.45) is 5.89.